The molecule has 0 aliphatic rings. The average molecular weight is 373 g/mol. The summed E-state index contributed by atoms with van der Waals surface area (Å²) in [6.07, 6.45) is -0.590. The second kappa shape index (κ2) is 7.78. The van der Waals surface area contributed by atoms with E-state index in [-0.39, 0.29) is 0 Å². The Bertz CT molecular complexity index is 1060. The maximum Gasteiger partial charge on any atom is 0.185 e. The summed E-state index contributed by atoms with van der Waals surface area (Å²) in [5.74, 6) is 1.48. The summed E-state index contributed by atoms with van der Waals surface area (Å²) in [5.41, 5.74) is 3.73. The van der Waals surface area contributed by atoms with Crippen LogP contribution in [0.2, 0.25) is 0 Å². The lowest BCUT2D eigenvalue weighted by Crippen LogP contribution is -2.29. The number of aryl methyl sites for hydroxylation is 1. The van der Waals surface area contributed by atoms with E-state index in [0.29, 0.717) is 18.0 Å². The largest absolute Gasteiger partial charge is 0.387 e. The fourth-order valence-corrected chi connectivity index (χ4v) is 3.20. The summed E-state index contributed by atoms with van der Waals surface area (Å²) < 4.78 is 1.76. The molecular weight excluding hydrogens is 350 g/mol. The highest BCUT2D eigenvalue weighted by molar-refractivity contribution is 5.59. The van der Waals surface area contributed by atoms with E-state index in [9.17, 15) is 5.11 Å². The second-order valence-electron chi connectivity index (χ2n) is 6.82. The predicted molar refractivity (Wildman–Crippen MR) is 110 cm³/mol. The van der Waals surface area contributed by atoms with E-state index in [1.54, 1.807) is 4.52 Å². The van der Waals surface area contributed by atoms with Crippen molar-refractivity contribution in [1.82, 2.24) is 19.8 Å². The summed E-state index contributed by atoms with van der Waals surface area (Å²) in [6.45, 7) is 5.28. The van der Waals surface area contributed by atoms with Gasteiger partial charge in [-0.15, -0.1) is 15.3 Å². The molecule has 6 nitrogen and oxygen atoms in total. The number of hydrogen-bond donors (Lipinski definition) is 1. The zero-order valence-electron chi connectivity index (χ0n) is 16.0. The standard InChI is InChI=1S/C22H23N5O/c1-3-26(15-19(28)17-11-9-16(2)10-12-17)21-14-13-20-23-24-22(27(20)25-21)18-7-5-4-6-8-18/h4-14,19,28H,3,15H2,1-2H3. The van der Waals surface area contributed by atoms with Crippen LogP contribution in [-0.2, 0) is 0 Å². The molecule has 0 fully saturated rings. The van der Waals surface area contributed by atoms with Crippen molar-refractivity contribution in [3.8, 4) is 11.4 Å². The monoisotopic (exact) mass is 373 g/mol. The summed E-state index contributed by atoms with van der Waals surface area (Å²) in [6, 6.07) is 21.7. The number of fused-ring (bicyclic) bond motifs is 1. The molecule has 0 bridgehead atoms. The molecule has 4 aromatic rings. The molecule has 1 unspecified atom stereocenters. The molecule has 28 heavy (non-hydrogen) atoms. The van der Waals surface area contributed by atoms with Gasteiger partial charge in [-0.1, -0.05) is 60.2 Å². The smallest absolute Gasteiger partial charge is 0.185 e. The number of aromatic nitrogens is 4. The topological polar surface area (TPSA) is 66.5 Å². The highest BCUT2D eigenvalue weighted by atomic mass is 16.3. The maximum absolute atomic E-state index is 10.7. The quantitative estimate of drug-likeness (QED) is 0.559. The first-order chi connectivity index (χ1) is 13.7. The van der Waals surface area contributed by atoms with Crippen LogP contribution in [0.5, 0.6) is 0 Å². The number of hydrogen-bond acceptors (Lipinski definition) is 5. The number of aliphatic hydroxyl groups is 1. The van der Waals surface area contributed by atoms with Crippen LogP contribution in [0.1, 0.15) is 24.2 Å². The van der Waals surface area contributed by atoms with E-state index in [1.807, 2.05) is 73.7 Å². The summed E-state index contributed by atoms with van der Waals surface area (Å²) in [7, 11) is 0. The third-order valence-electron chi connectivity index (χ3n) is 4.84. The molecule has 142 valence electrons. The molecule has 0 aliphatic heterocycles. The van der Waals surface area contributed by atoms with Crippen LogP contribution in [0, 0.1) is 6.92 Å². The average Bonchev–Trinajstić information content (AvgIpc) is 3.16. The molecule has 6 heteroatoms. The number of benzene rings is 2. The van der Waals surface area contributed by atoms with Gasteiger partial charge in [-0.25, -0.2) is 0 Å². The zero-order chi connectivity index (χ0) is 19.5. The lowest BCUT2D eigenvalue weighted by molar-refractivity contribution is 0.183. The molecular formula is C22H23N5O. The lowest BCUT2D eigenvalue weighted by Gasteiger charge is -2.25. The first-order valence-corrected chi connectivity index (χ1v) is 9.43. The lowest BCUT2D eigenvalue weighted by atomic mass is 10.1. The fraction of sp³-hybridized carbons (Fsp3) is 0.227. The second-order valence-corrected chi connectivity index (χ2v) is 6.82. The van der Waals surface area contributed by atoms with Crippen LogP contribution >= 0.6 is 0 Å². The Balaban J connectivity index is 1.64. The molecule has 0 saturated carbocycles. The molecule has 2 aromatic carbocycles. The Labute approximate surface area is 164 Å². The van der Waals surface area contributed by atoms with Crippen molar-refractivity contribution in [1.29, 1.82) is 0 Å². The summed E-state index contributed by atoms with van der Waals surface area (Å²) in [5, 5.41) is 23.9. The minimum absolute atomic E-state index is 0.459. The number of aliphatic hydroxyl groups excluding tert-OH is 1. The zero-order valence-corrected chi connectivity index (χ0v) is 16.0. The van der Waals surface area contributed by atoms with Crippen molar-refractivity contribution in [2.45, 2.75) is 20.0 Å². The molecule has 2 heterocycles. The highest BCUT2D eigenvalue weighted by Gasteiger charge is 2.16. The van der Waals surface area contributed by atoms with E-state index < -0.39 is 6.10 Å². The van der Waals surface area contributed by atoms with Gasteiger partial charge in [-0.05, 0) is 31.5 Å². The molecule has 0 radical (unpaired) electrons. The van der Waals surface area contributed by atoms with Crippen molar-refractivity contribution in [2.24, 2.45) is 0 Å². The van der Waals surface area contributed by atoms with Crippen molar-refractivity contribution >= 4 is 11.5 Å². The minimum Gasteiger partial charge on any atom is -0.387 e. The number of nitrogens with zero attached hydrogens (tertiary/aromatic N) is 5. The van der Waals surface area contributed by atoms with E-state index >= 15 is 0 Å². The molecule has 0 saturated heterocycles. The van der Waals surface area contributed by atoms with Gasteiger partial charge >= 0.3 is 0 Å². The molecule has 0 spiro atoms. The third kappa shape index (κ3) is 3.59. The Morgan fingerprint density at radius 3 is 2.43 bits per heavy atom. The van der Waals surface area contributed by atoms with E-state index in [0.717, 1.165) is 23.5 Å². The minimum atomic E-state index is -0.590. The number of rotatable bonds is 6. The molecule has 1 atom stereocenters. The Hall–Kier alpha value is -3.25. The van der Waals surface area contributed by atoms with Gasteiger partial charge in [0, 0.05) is 18.7 Å². The number of likely N-dealkylation sites (N-methyl/N-ethyl adjacent to an activating group) is 1. The molecule has 4 rings (SSSR count). The van der Waals surface area contributed by atoms with E-state index in [1.165, 1.54) is 5.56 Å². The molecule has 0 amide bonds. The van der Waals surface area contributed by atoms with E-state index in [4.69, 9.17) is 5.10 Å². The Kier molecular flexibility index (Phi) is 5.04. The van der Waals surface area contributed by atoms with Crippen molar-refractivity contribution in [3.05, 3.63) is 77.9 Å². The van der Waals surface area contributed by atoms with Crippen molar-refractivity contribution in [2.75, 3.05) is 18.0 Å². The predicted octanol–water partition coefficient (Wildman–Crippen LogP) is 3.66. The van der Waals surface area contributed by atoms with Gasteiger partial charge in [0.1, 0.15) is 5.82 Å². The molecule has 2 aromatic heterocycles. The molecule has 0 aliphatic carbocycles. The van der Waals surface area contributed by atoms with Crippen LogP contribution in [0.25, 0.3) is 17.0 Å². The fourth-order valence-electron chi connectivity index (χ4n) is 3.20. The summed E-state index contributed by atoms with van der Waals surface area (Å²) >= 11 is 0. The van der Waals surface area contributed by atoms with Crippen LogP contribution in [0.3, 0.4) is 0 Å². The Morgan fingerprint density at radius 1 is 0.964 bits per heavy atom. The number of anilines is 1. The van der Waals surface area contributed by atoms with Gasteiger partial charge in [-0.2, -0.15) is 4.52 Å². The van der Waals surface area contributed by atoms with E-state index in [2.05, 4.69) is 22.0 Å². The SMILES string of the molecule is CCN(CC(O)c1ccc(C)cc1)c1ccc2nnc(-c3ccccc3)n2n1. The first kappa shape index (κ1) is 18.1. The third-order valence-corrected chi connectivity index (χ3v) is 4.84. The van der Waals surface area contributed by atoms with Gasteiger partial charge in [0.05, 0.1) is 6.10 Å². The van der Waals surface area contributed by atoms with Gasteiger partial charge in [0.25, 0.3) is 0 Å². The van der Waals surface area contributed by atoms with Gasteiger partial charge in [0.2, 0.25) is 0 Å². The van der Waals surface area contributed by atoms with Crippen LogP contribution in [0.4, 0.5) is 5.82 Å². The van der Waals surface area contributed by atoms with Crippen molar-refractivity contribution in [3.63, 3.8) is 0 Å². The van der Waals surface area contributed by atoms with Crippen LogP contribution in [-0.4, -0.2) is 38.0 Å². The normalized spacial score (nSPS) is 12.2. The van der Waals surface area contributed by atoms with Gasteiger partial charge in [0.15, 0.2) is 11.5 Å². The summed E-state index contributed by atoms with van der Waals surface area (Å²) in [4.78, 5) is 2.05. The Morgan fingerprint density at radius 2 is 1.71 bits per heavy atom. The van der Waals surface area contributed by atoms with Crippen LogP contribution in [0.15, 0.2) is 66.7 Å². The van der Waals surface area contributed by atoms with Crippen molar-refractivity contribution < 1.29 is 5.11 Å². The molecule has 1 N–H and O–H groups in total. The first-order valence-electron chi connectivity index (χ1n) is 9.43. The maximum atomic E-state index is 10.7. The van der Waals surface area contributed by atoms with Gasteiger partial charge in [-0.3, -0.25) is 0 Å². The highest BCUT2D eigenvalue weighted by Crippen LogP contribution is 2.21. The van der Waals surface area contributed by atoms with Crippen LogP contribution < -0.4 is 4.90 Å². The van der Waals surface area contributed by atoms with Gasteiger partial charge < -0.3 is 10.0 Å².